The Hall–Kier alpha value is -2.15. The van der Waals surface area contributed by atoms with Gasteiger partial charge in [-0.2, -0.15) is 5.10 Å². The molecule has 1 aromatic heterocycles. The van der Waals surface area contributed by atoms with Crippen LogP contribution in [0, 0.1) is 19.8 Å². The Balaban J connectivity index is 1.62. The minimum Gasteiger partial charge on any atom is -0.352 e. The molecule has 1 aliphatic rings. The van der Waals surface area contributed by atoms with Crippen molar-refractivity contribution in [3.63, 3.8) is 0 Å². The molecule has 1 atom stereocenters. The molecule has 7 heteroatoms. The summed E-state index contributed by atoms with van der Waals surface area (Å²) in [5.74, 6) is 0.253. The predicted molar refractivity (Wildman–Crippen MR) is 96.3 cm³/mol. The van der Waals surface area contributed by atoms with E-state index in [4.69, 9.17) is 0 Å². The number of amides is 1. The standard InChI is InChI=1S/C18H23N3O3S/c1-13-8-14(2)21(20-13)11-15-4-3-5-17(9-15)18(22)19-10-16-6-7-25(23,24)12-16/h3-5,8-9,16H,6-7,10-12H2,1-2H3,(H,19,22)/t16-/m1/s1. The van der Waals surface area contributed by atoms with Crippen LogP contribution in [0.1, 0.15) is 33.7 Å². The molecule has 1 aromatic carbocycles. The van der Waals surface area contributed by atoms with Crippen molar-refractivity contribution in [3.8, 4) is 0 Å². The van der Waals surface area contributed by atoms with Crippen LogP contribution in [0.25, 0.3) is 0 Å². The average molecular weight is 361 g/mol. The first kappa shape index (κ1) is 17.7. The second-order valence-electron chi connectivity index (χ2n) is 6.76. The average Bonchev–Trinajstić information content (AvgIpc) is 3.06. The van der Waals surface area contributed by atoms with Crippen LogP contribution in [0.3, 0.4) is 0 Å². The monoisotopic (exact) mass is 361 g/mol. The second kappa shape index (κ2) is 7.00. The van der Waals surface area contributed by atoms with Gasteiger partial charge < -0.3 is 5.32 Å². The molecule has 25 heavy (non-hydrogen) atoms. The van der Waals surface area contributed by atoms with Crippen molar-refractivity contribution in [2.45, 2.75) is 26.8 Å². The molecular formula is C18H23N3O3S. The van der Waals surface area contributed by atoms with E-state index in [1.165, 1.54) is 0 Å². The van der Waals surface area contributed by atoms with Gasteiger partial charge in [-0.25, -0.2) is 8.42 Å². The first-order valence-electron chi connectivity index (χ1n) is 8.41. The van der Waals surface area contributed by atoms with Crippen LogP contribution in [0.4, 0.5) is 0 Å². The van der Waals surface area contributed by atoms with E-state index in [1.807, 2.05) is 42.8 Å². The Kier molecular flexibility index (Phi) is 4.94. The molecule has 1 fully saturated rings. The number of rotatable bonds is 5. The van der Waals surface area contributed by atoms with Gasteiger partial charge in [0.05, 0.1) is 23.7 Å². The van der Waals surface area contributed by atoms with E-state index in [2.05, 4.69) is 10.4 Å². The topological polar surface area (TPSA) is 81.1 Å². The lowest BCUT2D eigenvalue weighted by molar-refractivity contribution is 0.0948. The first-order valence-corrected chi connectivity index (χ1v) is 10.2. The fraction of sp³-hybridized carbons (Fsp3) is 0.444. The quantitative estimate of drug-likeness (QED) is 0.879. The lowest BCUT2D eigenvalue weighted by Crippen LogP contribution is -2.29. The molecule has 1 aliphatic heterocycles. The number of aryl methyl sites for hydroxylation is 2. The Morgan fingerprint density at radius 3 is 2.76 bits per heavy atom. The van der Waals surface area contributed by atoms with Crippen molar-refractivity contribution in [1.82, 2.24) is 15.1 Å². The van der Waals surface area contributed by atoms with Crippen molar-refractivity contribution in [3.05, 3.63) is 52.8 Å². The maximum Gasteiger partial charge on any atom is 0.251 e. The van der Waals surface area contributed by atoms with Crippen molar-refractivity contribution in [1.29, 1.82) is 0 Å². The van der Waals surface area contributed by atoms with E-state index >= 15 is 0 Å². The number of aromatic nitrogens is 2. The summed E-state index contributed by atoms with van der Waals surface area (Å²) >= 11 is 0. The SMILES string of the molecule is Cc1cc(C)n(Cc2cccc(C(=O)NC[C@H]3CCS(=O)(=O)C3)c2)n1. The smallest absolute Gasteiger partial charge is 0.251 e. The molecule has 2 aromatic rings. The van der Waals surface area contributed by atoms with Gasteiger partial charge in [0, 0.05) is 17.8 Å². The van der Waals surface area contributed by atoms with Crippen LogP contribution in [0.5, 0.6) is 0 Å². The van der Waals surface area contributed by atoms with Crippen LogP contribution in [-0.2, 0) is 16.4 Å². The summed E-state index contributed by atoms with van der Waals surface area (Å²) in [6.45, 7) is 4.98. The number of sulfone groups is 1. The Morgan fingerprint density at radius 1 is 1.32 bits per heavy atom. The number of hydrogen-bond donors (Lipinski definition) is 1. The molecule has 134 valence electrons. The number of nitrogens with one attached hydrogen (secondary N) is 1. The van der Waals surface area contributed by atoms with Crippen molar-refractivity contribution < 1.29 is 13.2 Å². The maximum absolute atomic E-state index is 12.4. The molecule has 0 aliphatic carbocycles. The molecule has 1 amide bonds. The van der Waals surface area contributed by atoms with Crippen LogP contribution in [0.15, 0.2) is 30.3 Å². The van der Waals surface area contributed by atoms with E-state index in [-0.39, 0.29) is 23.3 Å². The van der Waals surface area contributed by atoms with E-state index in [9.17, 15) is 13.2 Å². The van der Waals surface area contributed by atoms with Gasteiger partial charge in [-0.1, -0.05) is 12.1 Å². The van der Waals surface area contributed by atoms with Crippen LogP contribution in [-0.4, -0.2) is 42.2 Å². The highest BCUT2D eigenvalue weighted by molar-refractivity contribution is 7.91. The molecule has 0 unspecified atom stereocenters. The molecule has 0 radical (unpaired) electrons. The summed E-state index contributed by atoms with van der Waals surface area (Å²) in [4.78, 5) is 12.4. The first-order chi connectivity index (χ1) is 11.8. The molecule has 1 saturated heterocycles. The summed E-state index contributed by atoms with van der Waals surface area (Å²) in [5.41, 5.74) is 3.63. The Labute approximate surface area is 148 Å². The van der Waals surface area contributed by atoms with Gasteiger partial charge in [-0.05, 0) is 49.9 Å². The Morgan fingerprint density at radius 2 is 2.12 bits per heavy atom. The van der Waals surface area contributed by atoms with E-state index < -0.39 is 9.84 Å². The van der Waals surface area contributed by atoms with Crippen molar-refractivity contribution >= 4 is 15.7 Å². The number of hydrogen-bond acceptors (Lipinski definition) is 4. The van der Waals surface area contributed by atoms with Gasteiger partial charge >= 0.3 is 0 Å². The maximum atomic E-state index is 12.4. The van der Waals surface area contributed by atoms with Gasteiger partial charge in [-0.15, -0.1) is 0 Å². The molecule has 6 nitrogen and oxygen atoms in total. The zero-order valence-corrected chi connectivity index (χ0v) is 15.3. The highest BCUT2D eigenvalue weighted by Crippen LogP contribution is 2.17. The molecule has 0 bridgehead atoms. The summed E-state index contributed by atoms with van der Waals surface area (Å²) in [7, 11) is -2.91. The molecular weight excluding hydrogens is 338 g/mol. The van der Waals surface area contributed by atoms with Crippen LogP contribution < -0.4 is 5.32 Å². The third-order valence-electron chi connectivity index (χ3n) is 4.50. The normalized spacial score (nSPS) is 19.0. The molecule has 0 saturated carbocycles. The van der Waals surface area contributed by atoms with Crippen LogP contribution in [0.2, 0.25) is 0 Å². The summed E-state index contributed by atoms with van der Waals surface area (Å²) < 4.78 is 24.9. The highest BCUT2D eigenvalue weighted by atomic mass is 32.2. The predicted octanol–water partition coefficient (Wildman–Crippen LogP) is 1.71. The molecule has 2 heterocycles. The number of benzene rings is 1. The largest absolute Gasteiger partial charge is 0.352 e. The minimum atomic E-state index is -2.91. The zero-order chi connectivity index (χ0) is 18.0. The number of nitrogens with zero attached hydrogens (tertiary/aromatic N) is 2. The number of carbonyl (C=O) groups is 1. The van der Waals surface area contributed by atoms with E-state index in [1.54, 1.807) is 6.07 Å². The number of carbonyl (C=O) groups excluding carboxylic acids is 1. The zero-order valence-electron chi connectivity index (χ0n) is 14.5. The van der Waals surface area contributed by atoms with E-state index in [0.717, 1.165) is 17.0 Å². The van der Waals surface area contributed by atoms with Gasteiger partial charge in [-0.3, -0.25) is 9.48 Å². The van der Waals surface area contributed by atoms with Crippen LogP contribution >= 0.6 is 0 Å². The van der Waals surface area contributed by atoms with Gasteiger partial charge in [0.1, 0.15) is 0 Å². The van der Waals surface area contributed by atoms with Crippen molar-refractivity contribution in [2.75, 3.05) is 18.1 Å². The van der Waals surface area contributed by atoms with Gasteiger partial charge in [0.25, 0.3) is 5.91 Å². The summed E-state index contributed by atoms with van der Waals surface area (Å²) in [6.07, 6.45) is 0.626. The second-order valence-corrected chi connectivity index (χ2v) is 8.99. The van der Waals surface area contributed by atoms with Gasteiger partial charge in [0.15, 0.2) is 9.84 Å². The fourth-order valence-corrected chi connectivity index (χ4v) is 5.05. The summed E-state index contributed by atoms with van der Waals surface area (Å²) in [5, 5.41) is 7.30. The lowest BCUT2D eigenvalue weighted by atomic mass is 10.1. The van der Waals surface area contributed by atoms with Crippen molar-refractivity contribution in [2.24, 2.45) is 5.92 Å². The molecule has 1 N–H and O–H groups in total. The third-order valence-corrected chi connectivity index (χ3v) is 6.34. The van der Waals surface area contributed by atoms with Gasteiger partial charge in [0.2, 0.25) is 0 Å². The Bertz CT molecular complexity index is 887. The lowest BCUT2D eigenvalue weighted by Gasteiger charge is -2.11. The summed E-state index contributed by atoms with van der Waals surface area (Å²) in [6, 6.07) is 9.47. The fourth-order valence-electron chi connectivity index (χ4n) is 3.19. The highest BCUT2D eigenvalue weighted by Gasteiger charge is 2.27. The minimum absolute atomic E-state index is 0.0202. The third kappa shape index (κ3) is 4.48. The molecule has 3 rings (SSSR count). The van der Waals surface area contributed by atoms with E-state index in [0.29, 0.717) is 25.1 Å². The molecule has 0 spiro atoms.